The van der Waals surface area contributed by atoms with E-state index in [1.807, 2.05) is 20.8 Å². The molecule has 3 aromatic rings. The summed E-state index contributed by atoms with van der Waals surface area (Å²) in [6.45, 7) is 9.90. The first-order chi connectivity index (χ1) is 22.8. The summed E-state index contributed by atoms with van der Waals surface area (Å²) in [4.78, 5) is 30.7. The second kappa shape index (κ2) is 13.3. The Bertz CT molecular complexity index is 1700. The summed E-state index contributed by atoms with van der Waals surface area (Å²) in [5.41, 5.74) is 3.51. The number of nitriles is 1. The number of alkyl halides is 2. The SMILES string of the molecule is Cc1cccc2cccc(N3CCCc4c(nc(OC[C@@H]5CC(F)(F)CN5C)nc4N4CCN(C(=O)OC(C)(C)C)C(CC#N)C4)C3)c12. The van der Waals surface area contributed by atoms with Crippen molar-refractivity contribution in [2.45, 2.75) is 83.5 Å². The van der Waals surface area contributed by atoms with E-state index in [1.54, 1.807) is 16.8 Å². The predicted octanol–water partition coefficient (Wildman–Crippen LogP) is 5.95. The maximum atomic E-state index is 14.2. The molecule has 2 atom stereocenters. The second-order valence-corrected chi connectivity index (χ2v) is 14.3. The standard InChI is InChI=1S/C36H45F2N7O3/c1-24-9-6-10-25-11-7-13-30(31(24)25)43-16-8-12-28-29(21-43)40-33(47-22-27-19-36(37,38)23-42(27)5)41-32(28)44-17-18-45(26(20-44)14-15-39)34(46)48-35(2,3)4/h6-7,9-11,13,26-27H,8,12,14,16-23H2,1-5H3/t26?,27-/m0/s1. The smallest absolute Gasteiger partial charge is 0.410 e. The van der Waals surface area contributed by atoms with Crippen molar-refractivity contribution in [2.24, 2.45) is 0 Å². The van der Waals surface area contributed by atoms with Crippen molar-refractivity contribution in [3.8, 4) is 12.1 Å². The van der Waals surface area contributed by atoms with Crippen molar-refractivity contribution in [3.63, 3.8) is 0 Å². The van der Waals surface area contributed by atoms with E-state index in [1.165, 1.54) is 16.3 Å². The third kappa shape index (κ3) is 7.26. The Labute approximate surface area is 281 Å². The van der Waals surface area contributed by atoms with E-state index in [0.717, 1.165) is 36.3 Å². The number of hydrogen-bond acceptors (Lipinski definition) is 9. The number of hydrogen-bond donors (Lipinski definition) is 0. The van der Waals surface area contributed by atoms with Crippen LogP contribution >= 0.6 is 0 Å². The van der Waals surface area contributed by atoms with Crippen LogP contribution < -0.4 is 14.5 Å². The zero-order chi connectivity index (χ0) is 34.2. The highest BCUT2D eigenvalue weighted by Gasteiger charge is 2.43. The van der Waals surface area contributed by atoms with Crippen LogP contribution in [0, 0.1) is 18.3 Å². The lowest BCUT2D eigenvalue weighted by molar-refractivity contribution is 0.0132. The molecular weight excluding hydrogens is 616 g/mol. The van der Waals surface area contributed by atoms with Crippen LogP contribution in [0.25, 0.3) is 10.8 Å². The summed E-state index contributed by atoms with van der Waals surface area (Å²) < 4.78 is 40.1. The summed E-state index contributed by atoms with van der Waals surface area (Å²) in [6, 6.07) is 14.2. The van der Waals surface area contributed by atoms with Gasteiger partial charge in [-0.3, -0.25) is 4.90 Å². The van der Waals surface area contributed by atoms with Crippen LogP contribution in [0.4, 0.5) is 25.1 Å². The first kappa shape index (κ1) is 33.7. The Hall–Kier alpha value is -4.24. The monoisotopic (exact) mass is 661 g/mol. The molecule has 3 aliphatic heterocycles. The lowest BCUT2D eigenvalue weighted by Gasteiger charge is -2.42. The molecule has 10 nitrogen and oxygen atoms in total. The van der Waals surface area contributed by atoms with E-state index in [4.69, 9.17) is 19.4 Å². The van der Waals surface area contributed by atoms with Crippen LogP contribution in [0.5, 0.6) is 6.01 Å². The Morgan fingerprint density at radius 3 is 2.56 bits per heavy atom. The first-order valence-electron chi connectivity index (χ1n) is 16.8. The van der Waals surface area contributed by atoms with Crippen molar-refractivity contribution >= 4 is 28.4 Å². The van der Waals surface area contributed by atoms with Gasteiger partial charge >= 0.3 is 12.1 Å². The highest BCUT2D eigenvalue weighted by molar-refractivity contribution is 5.96. The molecule has 0 N–H and O–H groups in total. The van der Waals surface area contributed by atoms with Gasteiger partial charge in [-0.2, -0.15) is 15.2 Å². The number of likely N-dealkylation sites (N-methyl/N-ethyl adjacent to an activating group) is 1. The molecule has 256 valence electrons. The van der Waals surface area contributed by atoms with Gasteiger partial charge in [0, 0.05) is 55.3 Å². The van der Waals surface area contributed by atoms with Gasteiger partial charge < -0.3 is 24.2 Å². The van der Waals surface area contributed by atoms with Crippen LogP contribution in [0.15, 0.2) is 36.4 Å². The molecule has 0 saturated carbocycles. The number of piperazine rings is 1. The van der Waals surface area contributed by atoms with Crippen LogP contribution in [0.1, 0.15) is 56.9 Å². The molecule has 12 heteroatoms. The number of nitrogens with zero attached hydrogens (tertiary/aromatic N) is 7. The summed E-state index contributed by atoms with van der Waals surface area (Å²) >= 11 is 0. The number of ether oxygens (including phenoxy) is 2. The lowest BCUT2D eigenvalue weighted by atomic mass is 10.0. The van der Waals surface area contributed by atoms with Gasteiger partial charge in [-0.1, -0.05) is 30.3 Å². The van der Waals surface area contributed by atoms with Gasteiger partial charge in [-0.15, -0.1) is 0 Å². The fourth-order valence-electron chi connectivity index (χ4n) is 7.19. The Morgan fingerprint density at radius 1 is 1.08 bits per heavy atom. The fraction of sp³-hybridized carbons (Fsp3) is 0.556. The molecule has 1 aromatic heterocycles. The molecule has 1 unspecified atom stereocenters. The van der Waals surface area contributed by atoms with Crippen LogP contribution in [0.3, 0.4) is 0 Å². The average Bonchev–Trinajstić information content (AvgIpc) is 3.15. The van der Waals surface area contributed by atoms with Crippen molar-refractivity contribution in [1.82, 2.24) is 19.8 Å². The van der Waals surface area contributed by atoms with Gasteiger partial charge in [-0.25, -0.2) is 13.6 Å². The molecule has 2 fully saturated rings. The highest BCUT2D eigenvalue weighted by Crippen LogP contribution is 2.36. The van der Waals surface area contributed by atoms with Crippen LogP contribution in [0.2, 0.25) is 0 Å². The molecule has 0 radical (unpaired) electrons. The first-order valence-corrected chi connectivity index (χ1v) is 16.8. The Kier molecular flexibility index (Phi) is 9.35. The molecule has 3 aliphatic rings. The fourth-order valence-corrected chi connectivity index (χ4v) is 7.19. The number of aromatic nitrogens is 2. The van der Waals surface area contributed by atoms with E-state index >= 15 is 0 Å². The van der Waals surface area contributed by atoms with Gasteiger partial charge in [-0.05, 0) is 64.6 Å². The molecule has 0 bridgehead atoms. The van der Waals surface area contributed by atoms with E-state index in [2.05, 4.69) is 59.2 Å². The minimum atomic E-state index is -2.76. The number of likely N-dealkylation sites (tertiary alicyclic amines) is 1. The number of benzene rings is 2. The van der Waals surface area contributed by atoms with Crippen molar-refractivity contribution in [3.05, 3.63) is 53.2 Å². The quantitative estimate of drug-likeness (QED) is 0.318. The molecular formula is C36H45F2N7O3. The highest BCUT2D eigenvalue weighted by atomic mass is 19.3. The number of aryl methyl sites for hydroxylation is 1. The van der Waals surface area contributed by atoms with Gasteiger partial charge in [0.25, 0.3) is 5.92 Å². The predicted molar refractivity (Wildman–Crippen MR) is 181 cm³/mol. The molecule has 48 heavy (non-hydrogen) atoms. The maximum Gasteiger partial charge on any atom is 0.410 e. The number of halogens is 2. The van der Waals surface area contributed by atoms with Crippen molar-refractivity contribution < 1.29 is 23.0 Å². The minimum absolute atomic E-state index is 0.0417. The van der Waals surface area contributed by atoms with Crippen LogP contribution in [-0.2, 0) is 17.7 Å². The van der Waals surface area contributed by atoms with Gasteiger partial charge in [0.2, 0.25) is 0 Å². The number of amides is 1. The minimum Gasteiger partial charge on any atom is -0.462 e. The molecule has 0 spiro atoms. The number of carbonyl (C=O) groups excluding carboxylic acids is 1. The van der Waals surface area contributed by atoms with E-state index in [0.29, 0.717) is 32.0 Å². The number of carbonyl (C=O) groups is 1. The molecule has 0 aliphatic carbocycles. The number of anilines is 2. The summed E-state index contributed by atoms with van der Waals surface area (Å²) in [5, 5.41) is 12.1. The molecule has 4 heterocycles. The molecule has 2 saturated heterocycles. The van der Waals surface area contributed by atoms with Crippen molar-refractivity contribution in [1.29, 1.82) is 5.26 Å². The second-order valence-electron chi connectivity index (χ2n) is 14.3. The zero-order valence-electron chi connectivity index (χ0n) is 28.5. The van der Waals surface area contributed by atoms with E-state index in [-0.39, 0.29) is 32.0 Å². The lowest BCUT2D eigenvalue weighted by Crippen LogP contribution is -2.56. The van der Waals surface area contributed by atoms with Crippen LogP contribution in [-0.4, -0.2) is 95.8 Å². The number of fused-ring (bicyclic) bond motifs is 2. The summed E-state index contributed by atoms with van der Waals surface area (Å²) in [6.07, 6.45) is 1.03. The largest absolute Gasteiger partial charge is 0.462 e. The Balaban J connectivity index is 1.34. The van der Waals surface area contributed by atoms with Crippen molar-refractivity contribution in [2.75, 3.05) is 56.2 Å². The molecule has 2 aromatic carbocycles. The summed E-state index contributed by atoms with van der Waals surface area (Å²) in [7, 11) is 1.68. The topological polar surface area (TPSA) is 98.1 Å². The van der Waals surface area contributed by atoms with E-state index in [9.17, 15) is 18.8 Å². The maximum absolute atomic E-state index is 14.2. The number of rotatable bonds is 6. The zero-order valence-corrected chi connectivity index (χ0v) is 28.5. The van der Waals surface area contributed by atoms with Gasteiger partial charge in [0.15, 0.2) is 0 Å². The third-order valence-corrected chi connectivity index (χ3v) is 9.46. The van der Waals surface area contributed by atoms with Gasteiger partial charge in [0.05, 0.1) is 37.3 Å². The summed E-state index contributed by atoms with van der Waals surface area (Å²) in [5.74, 6) is -2.05. The third-order valence-electron chi connectivity index (χ3n) is 9.46. The van der Waals surface area contributed by atoms with Gasteiger partial charge in [0.1, 0.15) is 18.0 Å². The average molecular weight is 662 g/mol. The molecule has 6 rings (SSSR count). The normalized spacial score (nSPS) is 21.5. The van der Waals surface area contributed by atoms with E-state index < -0.39 is 29.7 Å². The molecule has 1 amide bonds. The Morgan fingerprint density at radius 2 is 1.85 bits per heavy atom.